The summed E-state index contributed by atoms with van der Waals surface area (Å²) in [6.07, 6.45) is 1.41. The predicted octanol–water partition coefficient (Wildman–Crippen LogP) is 2.96. The van der Waals surface area contributed by atoms with Crippen LogP contribution in [-0.2, 0) is 0 Å². The fourth-order valence-electron chi connectivity index (χ4n) is 0.693. The van der Waals surface area contributed by atoms with Crippen molar-refractivity contribution in [3.05, 3.63) is 16.5 Å². The van der Waals surface area contributed by atoms with Gasteiger partial charge in [-0.2, -0.15) is 4.98 Å². The molecule has 1 aromatic heterocycles. The summed E-state index contributed by atoms with van der Waals surface area (Å²) in [6.45, 7) is 5.71. The highest BCUT2D eigenvalue weighted by Gasteiger charge is 2.15. The van der Waals surface area contributed by atoms with Gasteiger partial charge in [0.2, 0.25) is 11.2 Å². The van der Waals surface area contributed by atoms with E-state index in [-0.39, 0.29) is 10.9 Å². The Morgan fingerprint density at radius 3 is 2.46 bits per heavy atom. The van der Waals surface area contributed by atoms with Gasteiger partial charge in [-0.1, -0.05) is 11.6 Å². The summed E-state index contributed by atoms with van der Waals surface area (Å²) in [7, 11) is 0. The number of aromatic nitrogens is 2. The van der Waals surface area contributed by atoms with Gasteiger partial charge in [-0.15, -0.1) is 0 Å². The van der Waals surface area contributed by atoms with E-state index in [0.717, 1.165) is 0 Å². The van der Waals surface area contributed by atoms with E-state index in [9.17, 15) is 0 Å². The third kappa shape index (κ3) is 3.36. The molecule has 5 heteroatoms. The Hall–Kier alpha value is -0.540. The van der Waals surface area contributed by atoms with Gasteiger partial charge in [0.25, 0.3) is 0 Å². The van der Waals surface area contributed by atoms with Crippen LogP contribution in [-0.4, -0.2) is 15.6 Å². The van der Waals surface area contributed by atoms with Crippen molar-refractivity contribution in [3.8, 4) is 5.88 Å². The van der Waals surface area contributed by atoms with E-state index in [2.05, 4.69) is 9.97 Å². The Bertz CT molecular complexity index is 310. The number of halogens is 2. The molecular formula is C8H10Cl2N2O. The van der Waals surface area contributed by atoms with Crippen molar-refractivity contribution in [1.29, 1.82) is 0 Å². The van der Waals surface area contributed by atoms with Crippen LogP contribution in [0, 0.1) is 0 Å². The summed E-state index contributed by atoms with van der Waals surface area (Å²) in [5, 5.41) is 0.489. The molecule has 3 nitrogen and oxygen atoms in total. The molecule has 0 atom stereocenters. The van der Waals surface area contributed by atoms with Gasteiger partial charge in [0.15, 0.2) is 0 Å². The van der Waals surface area contributed by atoms with Crippen molar-refractivity contribution in [2.75, 3.05) is 0 Å². The molecule has 13 heavy (non-hydrogen) atoms. The molecule has 0 saturated carbocycles. The molecule has 0 unspecified atom stereocenters. The molecule has 1 aromatic rings. The number of hydrogen-bond donors (Lipinski definition) is 0. The number of hydrogen-bond acceptors (Lipinski definition) is 3. The first-order chi connectivity index (χ1) is 5.88. The van der Waals surface area contributed by atoms with E-state index < -0.39 is 0 Å². The molecular weight excluding hydrogens is 211 g/mol. The summed E-state index contributed by atoms with van der Waals surface area (Å²) in [6, 6.07) is 0. The predicted molar refractivity (Wildman–Crippen MR) is 52.4 cm³/mol. The van der Waals surface area contributed by atoms with Crippen LogP contribution in [0.15, 0.2) is 6.20 Å². The lowest BCUT2D eigenvalue weighted by atomic mass is 10.2. The quantitative estimate of drug-likeness (QED) is 0.683. The smallest absolute Gasteiger partial charge is 0.237 e. The standard InChI is InChI=1S/C8H10Cl2N2O/c1-8(2,3)13-6-5(9)4-11-7(10)12-6/h4H,1-3H3. The Morgan fingerprint density at radius 2 is 1.92 bits per heavy atom. The molecule has 0 saturated heterocycles. The van der Waals surface area contributed by atoms with E-state index in [4.69, 9.17) is 27.9 Å². The van der Waals surface area contributed by atoms with Crippen LogP contribution in [0.5, 0.6) is 5.88 Å². The summed E-state index contributed by atoms with van der Waals surface area (Å²) in [5.74, 6) is 0.314. The van der Waals surface area contributed by atoms with E-state index >= 15 is 0 Å². The van der Waals surface area contributed by atoms with Crippen molar-refractivity contribution in [3.63, 3.8) is 0 Å². The molecule has 0 spiro atoms. The second-order valence-corrected chi connectivity index (χ2v) is 4.25. The Morgan fingerprint density at radius 1 is 1.31 bits per heavy atom. The maximum absolute atomic E-state index is 5.79. The molecule has 0 radical (unpaired) electrons. The first-order valence-electron chi connectivity index (χ1n) is 3.75. The van der Waals surface area contributed by atoms with Crippen molar-refractivity contribution >= 4 is 23.2 Å². The topological polar surface area (TPSA) is 35.0 Å². The minimum atomic E-state index is -0.346. The van der Waals surface area contributed by atoms with Crippen molar-refractivity contribution in [1.82, 2.24) is 9.97 Å². The molecule has 0 aliphatic carbocycles. The van der Waals surface area contributed by atoms with Crippen LogP contribution in [0.2, 0.25) is 10.3 Å². The van der Waals surface area contributed by atoms with Crippen molar-refractivity contribution in [2.45, 2.75) is 26.4 Å². The molecule has 0 aliphatic rings. The fourth-order valence-corrected chi connectivity index (χ4v) is 0.948. The second-order valence-electron chi connectivity index (χ2n) is 3.51. The van der Waals surface area contributed by atoms with E-state index in [0.29, 0.717) is 10.9 Å². The molecule has 0 fully saturated rings. The second kappa shape index (κ2) is 3.68. The average molecular weight is 221 g/mol. The molecule has 72 valence electrons. The minimum absolute atomic E-state index is 0.128. The minimum Gasteiger partial charge on any atom is -0.471 e. The van der Waals surface area contributed by atoms with Gasteiger partial charge < -0.3 is 4.74 Å². The lowest BCUT2D eigenvalue weighted by Gasteiger charge is -2.20. The first kappa shape index (κ1) is 10.5. The summed E-state index contributed by atoms with van der Waals surface area (Å²) < 4.78 is 5.45. The van der Waals surface area contributed by atoms with Gasteiger partial charge in [-0.25, -0.2) is 4.98 Å². The number of rotatable bonds is 1. The maximum atomic E-state index is 5.79. The first-order valence-corrected chi connectivity index (χ1v) is 4.51. The van der Waals surface area contributed by atoms with Gasteiger partial charge in [-0.3, -0.25) is 0 Å². The Labute approximate surface area is 87.1 Å². The Kier molecular flexibility index (Phi) is 2.98. The monoisotopic (exact) mass is 220 g/mol. The lowest BCUT2D eigenvalue weighted by molar-refractivity contribution is 0.124. The number of ether oxygens (including phenoxy) is 1. The van der Waals surface area contributed by atoms with Crippen molar-refractivity contribution < 1.29 is 4.74 Å². The zero-order valence-corrected chi connectivity index (χ0v) is 9.15. The lowest BCUT2D eigenvalue weighted by Crippen LogP contribution is -2.23. The number of nitrogens with zero attached hydrogens (tertiary/aromatic N) is 2. The van der Waals surface area contributed by atoms with E-state index in [1.54, 1.807) is 0 Å². The molecule has 1 heterocycles. The van der Waals surface area contributed by atoms with Gasteiger partial charge in [0, 0.05) is 0 Å². The molecule has 0 amide bonds. The highest BCUT2D eigenvalue weighted by Crippen LogP contribution is 2.25. The van der Waals surface area contributed by atoms with Crippen LogP contribution < -0.4 is 4.74 Å². The summed E-state index contributed by atoms with van der Waals surface area (Å²) in [5.41, 5.74) is -0.346. The highest BCUT2D eigenvalue weighted by molar-refractivity contribution is 6.32. The summed E-state index contributed by atoms with van der Waals surface area (Å²) >= 11 is 11.4. The zero-order valence-electron chi connectivity index (χ0n) is 7.64. The molecule has 0 aliphatic heterocycles. The normalized spacial score (nSPS) is 11.5. The van der Waals surface area contributed by atoms with Crippen LogP contribution in [0.1, 0.15) is 20.8 Å². The van der Waals surface area contributed by atoms with Gasteiger partial charge in [0.1, 0.15) is 10.6 Å². The fraction of sp³-hybridized carbons (Fsp3) is 0.500. The average Bonchev–Trinajstić information content (AvgIpc) is 1.94. The highest BCUT2D eigenvalue weighted by atomic mass is 35.5. The third-order valence-corrected chi connectivity index (χ3v) is 1.53. The molecule has 0 aromatic carbocycles. The third-order valence-electron chi connectivity index (χ3n) is 1.09. The van der Waals surface area contributed by atoms with Gasteiger partial charge >= 0.3 is 0 Å². The summed E-state index contributed by atoms with van der Waals surface area (Å²) in [4.78, 5) is 7.57. The maximum Gasteiger partial charge on any atom is 0.237 e. The van der Waals surface area contributed by atoms with E-state index in [1.807, 2.05) is 20.8 Å². The zero-order chi connectivity index (χ0) is 10.1. The van der Waals surface area contributed by atoms with Gasteiger partial charge in [0.05, 0.1) is 6.20 Å². The van der Waals surface area contributed by atoms with Crippen molar-refractivity contribution in [2.24, 2.45) is 0 Å². The Balaban J connectivity index is 2.94. The van der Waals surface area contributed by atoms with Crippen LogP contribution in [0.4, 0.5) is 0 Å². The van der Waals surface area contributed by atoms with Crippen LogP contribution >= 0.6 is 23.2 Å². The molecule has 0 N–H and O–H groups in total. The van der Waals surface area contributed by atoms with Crippen LogP contribution in [0.3, 0.4) is 0 Å². The molecule has 1 rings (SSSR count). The molecule has 0 bridgehead atoms. The van der Waals surface area contributed by atoms with E-state index in [1.165, 1.54) is 6.20 Å². The largest absolute Gasteiger partial charge is 0.471 e. The van der Waals surface area contributed by atoms with Crippen LogP contribution in [0.25, 0.3) is 0 Å². The van der Waals surface area contributed by atoms with Gasteiger partial charge in [-0.05, 0) is 32.4 Å². The SMILES string of the molecule is CC(C)(C)Oc1nc(Cl)ncc1Cl.